The first-order chi connectivity index (χ1) is 28.2. The van der Waals surface area contributed by atoms with Gasteiger partial charge in [0.1, 0.15) is 11.2 Å². The Hall–Kier alpha value is -7.29. The van der Waals surface area contributed by atoms with E-state index in [4.69, 9.17) is 9.40 Å². The van der Waals surface area contributed by atoms with Crippen LogP contribution in [0.1, 0.15) is 12.5 Å². The lowest BCUT2D eigenvalue weighted by Crippen LogP contribution is -1.99. The lowest BCUT2D eigenvalue weighted by atomic mass is 9.88. The van der Waals surface area contributed by atoms with Crippen LogP contribution in [0.2, 0.25) is 0 Å². The number of fused-ring (bicyclic) bond motifs is 9. The van der Waals surface area contributed by atoms with E-state index < -0.39 is 0 Å². The summed E-state index contributed by atoms with van der Waals surface area (Å²) in [6.07, 6.45) is 0.865. The number of pyridine rings is 1. The summed E-state index contributed by atoms with van der Waals surface area (Å²) in [6.45, 7) is 2.24. The van der Waals surface area contributed by atoms with Gasteiger partial charge in [0, 0.05) is 21.9 Å². The van der Waals surface area contributed by atoms with E-state index in [0.717, 1.165) is 56.4 Å². The summed E-state index contributed by atoms with van der Waals surface area (Å²) >= 11 is 0. The molecule has 268 valence electrons. The summed E-state index contributed by atoms with van der Waals surface area (Å²) in [7, 11) is 0. The van der Waals surface area contributed by atoms with E-state index in [0.29, 0.717) is 0 Å². The smallest absolute Gasteiger partial charge is 0.136 e. The van der Waals surface area contributed by atoms with Gasteiger partial charge in [-0.15, -0.1) is 0 Å². The molecule has 11 rings (SSSR count). The summed E-state index contributed by atoms with van der Waals surface area (Å²) < 4.78 is 6.37. The zero-order chi connectivity index (χ0) is 37.9. The van der Waals surface area contributed by atoms with Gasteiger partial charge < -0.3 is 4.42 Å². The quantitative estimate of drug-likeness (QED) is 0.159. The van der Waals surface area contributed by atoms with Gasteiger partial charge in [0.05, 0.1) is 11.4 Å². The van der Waals surface area contributed by atoms with Gasteiger partial charge in [-0.1, -0.05) is 171 Å². The minimum Gasteiger partial charge on any atom is -0.456 e. The highest BCUT2D eigenvalue weighted by Gasteiger charge is 2.19. The lowest BCUT2D eigenvalue weighted by molar-refractivity contribution is 0.669. The van der Waals surface area contributed by atoms with Gasteiger partial charge in [-0.3, -0.25) is 0 Å². The van der Waals surface area contributed by atoms with E-state index in [9.17, 15) is 0 Å². The van der Waals surface area contributed by atoms with Gasteiger partial charge in [0.15, 0.2) is 0 Å². The summed E-state index contributed by atoms with van der Waals surface area (Å²) in [6, 6.07) is 69.9. The molecule has 2 heterocycles. The van der Waals surface area contributed by atoms with Gasteiger partial charge >= 0.3 is 0 Å². The van der Waals surface area contributed by atoms with E-state index in [2.05, 4.69) is 189 Å². The molecular weight excluding hydrogens is 691 g/mol. The molecule has 0 spiro atoms. The topological polar surface area (TPSA) is 26.0 Å². The molecule has 11 aromatic rings. The van der Waals surface area contributed by atoms with Crippen LogP contribution >= 0.6 is 0 Å². The number of rotatable bonds is 6. The number of para-hydroxylation sites is 1. The fourth-order valence-electron chi connectivity index (χ4n) is 8.94. The first kappa shape index (κ1) is 33.1. The number of furan rings is 1. The molecule has 57 heavy (non-hydrogen) atoms. The molecule has 0 N–H and O–H groups in total. The van der Waals surface area contributed by atoms with Gasteiger partial charge in [-0.25, -0.2) is 4.98 Å². The van der Waals surface area contributed by atoms with Crippen molar-refractivity contribution in [1.82, 2.24) is 4.98 Å². The molecule has 9 aromatic carbocycles. The highest BCUT2D eigenvalue weighted by molar-refractivity contribution is 6.29. The Kier molecular flexibility index (Phi) is 7.82. The lowest BCUT2D eigenvalue weighted by Gasteiger charge is -2.18. The molecule has 0 radical (unpaired) electrons. The molecule has 0 atom stereocenters. The highest BCUT2D eigenvalue weighted by Crippen LogP contribution is 2.43. The first-order valence-corrected chi connectivity index (χ1v) is 19.8. The van der Waals surface area contributed by atoms with E-state index >= 15 is 0 Å². The molecule has 0 aliphatic heterocycles. The van der Waals surface area contributed by atoms with Crippen molar-refractivity contribution >= 4 is 54.3 Å². The van der Waals surface area contributed by atoms with Gasteiger partial charge in [0.25, 0.3) is 0 Å². The molecule has 2 heteroatoms. The largest absolute Gasteiger partial charge is 0.456 e. The van der Waals surface area contributed by atoms with Crippen LogP contribution in [0.4, 0.5) is 0 Å². The van der Waals surface area contributed by atoms with Crippen molar-refractivity contribution in [3.63, 3.8) is 0 Å². The molecule has 0 amide bonds. The molecule has 0 saturated carbocycles. The van der Waals surface area contributed by atoms with Crippen molar-refractivity contribution in [3.8, 4) is 55.9 Å². The molecule has 0 saturated heterocycles. The van der Waals surface area contributed by atoms with Crippen LogP contribution in [0, 0.1) is 0 Å². The number of hydrogen-bond acceptors (Lipinski definition) is 2. The van der Waals surface area contributed by atoms with Crippen LogP contribution in [0.3, 0.4) is 0 Å². The van der Waals surface area contributed by atoms with Gasteiger partial charge in [-0.2, -0.15) is 0 Å². The Morgan fingerprint density at radius 1 is 0.368 bits per heavy atom. The second-order valence-electron chi connectivity index (χ2n) is 14.9. The summed E-state index contributed by atoms with van der Waals surface area (Å²) in [4.78, 5) is 5.49. The minimum atomic E-state index is 0.865. The summed E-state index contributed by atoms with van der Waals surface area (Å²) in [5, 5.41) is 9.67. The third-order valence-electron chi connectivity index (χ3n) is 11.7. The minimum absolute atomic E-state index is 0.865. The monoisotopic (exact) mass is 727 g/mol. The Morgan fingerprint density at radius 2 is 0.930 bits per heavy atom. The predicted molar refractivity (Wildman–Crippen MR) is 241 cm³/mol. The van der Waals surface area contributed by atoms with Crippen LogP contribution in [-0.2, 0) is 6.42 Å². The molecule has 2 nitrogen and oxygen atoms in total. The van der Waals surface area contributed by atoms with E-state index in [1.165, 1.54) is 65.7 Å². The maximum atomic E-state index is 6.37. The zero-order valence-electron chi connectivity index (χ0n) is 31.5. The van der Waals surface area contributed by atoms with Crippen LogP contribution in [-0.4, -0.2) is 4.98 Å². The standard InChI is InChI=1S/C55H37NO/c1-2-41-49(37-26-24-36(25-27-37)35-14-5-3-6-15-35)34-51(56-55(41)38-16-7-4-8-17-38)40-29-31-48-50(32-40)44-19-10-9-18-43(44)47-22-13-21-42(54(47)48)39-28-30-46-45-20-11-12-23-52(45)57-53(46)33-39/h3-34H,2H2,1H3. The number of benzene rings is 9. The highest BCUT2D eigenvalue weighted by atomic mass is 16.3. The molecular formula is C55H37NO. The van der Waals surface area contributed by atoms with Crippen molar-refractivity contribution < 1.29 is 4.42 Å². The first-order valence-electron chi connectivity index (χ1n) is 19.8. The van der Waals surface area contributed by atoms with E-state index in [1.807, 2.05) is 12.1 Å². The summed E-state index contributed by atoms with van der Waals surface area (Å²) in [5.74, 6) is 0. The Balaban J connectivity index is 1.13. The molecule has 0 unspecified atom stereocenters. The van der Waals surface area contributed by atoms with Crippen LogP contribution in [0.5, 0.6) is 0 Å². The SMILES string of the molecule is CCc1c(-c2ccc(-c3ccccc3)cc2)cc(-c2ccc3c(c2)c2ccccc2c2cccc(-c4ccc5c(c4)oc4ccccc45)c23)nc1-c1ccccc1. The zero-order valence-corrected chi connectivity index (χ0v) is 31.5. The van der Waals surface area contributed by atoms with Crippen molar-refractivity contribution in [3.05, 3.63) is 200 Å². The molecule has 0 fully saturated rings. The van der Waals surface area contributed by atoms with Gasteiger partial charge in [0.2, 0.25) is 0 Å². The number of nitrogens with zero attached hydrogens (tertiary/aromatic N) is 1. The van der Waals surface area contributed by atoms with Crippen molar-refractivity contribution in [1.29, 1.82) is 0 Å². The maximum Gasteiger partial charge on any atom is 0.136 e. The fraction of sp³-hybridized carbons (Fsp3) is 0.0364. The molecule has 2 aromatic heterocycles. The summed E-state index contributed by atoms with van der Waals surface area (Å²) in [5.41, 5.74) is 14.4. The van der Waals surface area contributed by atoms with Crippen LogP contribution in [0.15, 0.2) is 199 Å². The Labute approximate surface area is 331 Å². The number of hydrogen-bond donors (Lipinski definition) is 0. The molecule has 0 bridgehead atoms. The van der Waals surface area contributed by atoms with Crippen molar-refractivity contribution in [2.75, 3.05) is 0 Å². The van der Waals surface area contributed by atoms with Crippen LogP contribution in [0.25, 0.3) is 110 Å². The van der Waals surface area contributed by atoms with E-state index in [1.54, 1.807) is 0 Å². The Morgan fingerprint density at radius 3 is 1.70 bits per heavy atom. The van der Waals surface area contributed by atoms with Gasteiger partial charge in [-0.05, 0) is 108 Å². The fourth-order valence-corrected chi connectivity index (χ4v) is 8.94. The second-order valence-corrected chi connectivity index (χ2v) is 14.9. The van der Waals surface area contributed by atoms with E-state index in [-0.39, 0.29) is 0 Å². The third-order valence-corrected chi connectivity index (χ3v) is 11.7. The third kappa shape index (κ3) is 5.52. The molecule has 0 aliphatic rings. The average Bonchev–Trinajstić information content (AvgIpc) is 3.67. The average molecular weight is 728 g/mol. The predicted octanol–water partition coefficient (Wildman–Crippen LogP) is 15.3. The van der Waals surface area contributed by atoms with Crippen LogP contribution < -0.4 is 0 Å². The maximum absolute atomic E-state index is 6.37. The second kappa shape index (κ2) is 13.5. The Bertz CT molecular complexity index is 3300. The van der Waals surface area contributed by atoms with Crippen molar-refractivity contribution in [2.45, 2.75) is 13.3 Å². The number of aromatic nitrogens is 1. The molecule has 0 aliphatic carbocycles. The van der Waals surface area contributed by atoms with Crippen molar-refractivity contribution in [2.24, 2.45) is 0 Å². The normalized spacial score (nSPS) is 11.7.